The van der Waals surface area contributed by atoms with Crippen molar-refractivity contribution in [3.63, 3.8) is 0 Å². The molecule has 0 bridgehead atoms. The number of anilines is 1. The molecule has 90 valence electrons. The summed E-state index contributed by atoms with van der Waals surface area (Å²) in [5.41, 5.74) is 7.03. The van der Waals surface area contributed by atoms with Gasteiger partial charge in [-0.05, 0) is 44.4 Å². The van der Waals surface area contributed by atoms with E-state index in [1.165, 1.54) is 0 Å². The highest BCUT2D eigenvalue weighted by atomic mass is 16.5. The number of rotatable bonds is 5. The molecular weight excluding hydrogens is 202 g/mol. The Balaban J connectivity index is 2.56. The van der Waals surface area contributed by atoms with Crippen LogP contribution in [-0.4, -0.2) is 17.8 Å². The van der Waals surface area contributed by atoms with E-state index in [0.717, 1.165) is 12.0 Å². The largest absolute Gasteiger partial charge is 0.399 e. The quantitative estimate of drug-likeness (QED) is 0.754. The van der Waals surface area contributed by atoms with Crippen LogP contribution in [0.25, 0.3) is 0 Å². The van der Waals surface area contributed by atoms with Gasteiger partial charge in [0, 0.05) is 12.8 Å². The summed E-state index contributed by atoms with van der Waals surface area (Å²) >= 11 is 0. The molecule has 3 nitrogen and oxygen atoms in total. The zero-order valence-corrected chi connectivity index (χ0v) is 10.2. The number of aliphatic hydroxyl groups is 1. The third-order valence-electron chi connectivity index (χ3n) is 2.87. The zero-order valence-electron chi connectivity index (χ0n) is 10.2. The molecule has 3 heteroatoms. The highest BCUT2D eigenvalue weighted by Gasteiger charge is 2.18. The maximum Gasteiger partial charge on any atom is 0.0791 e. The summed E-state index contributed by atoms with van der Waals surface area (Å²) in [7, 11) is 1.69. The Morgan fingerprint density at radius 2 is 2.12 bits per heavy atom. The third kappa shape index (κ3) is 3.83. The minimum atomic E-state index is -0.474. The van der Waals surface area contributed by atoms with Crippen molar-refractivity contribution >= 4 is 5.69 Å². The van der Waals surface area contributed by atoms with Crippen molar-refractivity contribution in [3.05, 3.63) is 29.8 Å². The molecule has 0 amide bonds. The minimum absolute atomic E-state index is 0.193. The van der Waals surface area contributed by atoms with Gasteiger partial charge in [0.15, 0.2) is 0 Å². The lowest BCUT2D eigenvalue weighted by Crippen LogP contribution is -2.23. The van der Waals surface area contributed by atoms with Crippen LogP contribution in [0.15, 0.2) is 24.3 Å². The summed E-state index contributed by atoms with van der Waals surface area (Å²) < 4.78 is 5.31. The molecule has 1 atom stereocenters. The lowest BCUT2D eigenvalue weighted by Gasteiger charge is -2.24. The van der Waals surface area contributed by atoms with E-state index >= 15 is 0 Å². The second-order valence-electron chi connectivity index (χ2n) is 4.69. The zero-order chi connectivity index (χ0) is 12.2. The molecule has 0 spiro atoms. The van der Waals surface area contributed by atoms with E-state index in [4.69, 9.17) is 10.5 Å². The number of nitrogens with two attached hydrogens (primary N) is 1. The molecule has 0 aliphatic rings. The number of hydrogen-bond acceptors (Lipinski definition) is 3. The Hall–Kier alpha value is -1.06. The molecule has 0 heterocycles. The van der Waals surface area contributed by atoms with Gasteiger partial charge in [0.2, 0.25) is 0 Å². The molecule has 1 rings (SSSR count). The standard InChI is InChI=1S/C13H21NO2/c1-13(2,16-3)8-7-12(15)10-5-4-6-11(14)9-10/h4-6,9,12,15H,7-8,14H2,1-3H3. The third-order valence-corrected chi connectivity index (χ3v) is 2.87. The van der Waals surface area contributed by atoms with Gasteiger partial charge < -0.3 is 15.6 Å². The first-order valence-corrected chi connectivity index (χ1v) is 5.53. The van der Waals surface area contributed by atoms with E-state index in [1.807, 2.05) is 38.1 Å². The van der Waals surface area contributed by atoms with E-state index in [1.54, 1.807) is 7.11 Å². The highest BCUT2D eigenvalue weighted by Crippen LogP contribution is 2.25. The Morgan fingerprint density at radius 3 is 2.69 bits per heavy atom. The molecule has 16 heavy (non-hydrogen) atoms. The van der Waals surface area contributed by atoms with Crippen LogP contribution in [0.1, 0.15) is 38.4 Å². The molecule has 0 radical (unpaired) electrons. The molecule has 0 fully saturated rings. The van der Waals surface area contributed by atoms with Crippen molar-refractivity contribution in [1.82, 2.24) is 0 Å². The molecule has 1 aromatic carbocycles. The summed E-state index contributed by atoms with van der Waals surface area (Å²) in [6.45, 7) is 4.03. The van der Waals surface area contributed by atoms with Crippen LogP contribution in [0.2, 0.25) is 0 Å². The van der Waals surface area contributed by atoms with Crippen LogP contribution in [0.3, 0.4) is 0 Å². The molecule has 0 saturated carbocycles. The number of methoxy groups -OCH3 is 1. The van der Waals surface area contributed by atoms with Gasteiger partial charge in [0.05, 0.1) is 11.7 Å². The summed E-state index contributed by atoms with van der Waals surface area (Å²) in [6, 6.07) is 7.37. The van der Waals surface area contributed by atoms with Crippen molar-refractivity contribution in [1.29, 1.82) is 0 Å². The molecule has 1 aromatic rings. The van der Waals surface area contributed by atoms with Crippen LogP contribution >= 0.6 is 0 Å². The number of benzene rings is 1. The lowest BCUT2D eigenvalue weighted by atomic mass is 9.96. The Kier molecular flexibility index (Phi) is 4.33. The van der Waals surface area contributed by atoms with Crippen LogP contribution in [0.4, 0.5) is 5.69 Å². The summed E-state index contributed by atoms with van der Waals surface area (Å²) in [5.74, 6) is 0. The monoisotopic (exact) mass is 223 g/mol. The van der Waals surface area contributed by atoms with Crippen LogP contribution in [0.5, 0.6) is 0 Å². The van der Waals surface area contributed by atoms with E-state index in [0.29, 0.717) is 12.1 Å². The van der Waals surface area contributed by atoms with Gasteiger partial charge in [-0.3, -0.25) is 0 Å². The van der Waals surface area contributed by atoms with Crippen LogP contribution in [-0.2, 0) is 4.74 Å². The van der Waals surface area contributed by atoms with Gasteiger partial charge in [-0.1, -0.05) is 12.1 Å². The number of hydrogen-bond donors (Lipinski definition) is 2. The first kappa shape index (κ1) is 13.0. The van der Waals surface area contributed by atoms with E-state index in [9.17, 15) is 5.11 Å². The number of ether oxygens (including phenoxy) is 1. The minimum Gasteiger partial charge on any atom is -0.399 e. The fourth-order valence-electron chi connectivity index (χ4n) is 1.52. The van der Waals surface area contributed by atoms with E-state index in [2.05, 4.69) is 0 Å². The Labute approximate surface area is 97.2 Å². The van der Waals surface area contributed by atoms with Crippen LogP contribution in [0, 0.1) is 0 Å². The summed E-state index contributed by atoms with van der Waals surface area (Å²) in [4.78, 5) is 0. The molecule has 0 saturated heterocycles. The molecule has 0 aliphatic heterocycles. The highest BCUT2D eigenvalue weighted by molar-refractivity contribution is 5.41. The fraction of sp³-hybridized carbons (Fsp3) is 0.538. The molecular formula is C13H21NO2. The van der Waals surface area contributed by atoms with Crippen molar-refractivity contribution in [3.8, 4) is 0 Å². The number of nitrogen functional groups attached to an aromatic ring is 1. The van der Waals surface area contributed by atoms with Crippen molar-refractivity contribution in [2.75, 3.05) is 12.8 Å². The van der Waals surface area contributed by atoms with E-state index in [-0.39, 0.29) is 5.60 Å². The second kappa shape index (κ2) is 5.32. The van der Waals surface area contributed by atoms with Gasteiger partial charge in [-0.2, -0.15) is 0 Å². The predicted octanol–water partition coefficient (Wildman–Crippen LogP) is 2.51. The average molecular weight is 223 g/mol. The lowest BCUT2D eigenvalue weighted by molar-refractivity contribution is 0.00279. The topological polar surface area (TPSA) is 55.5 Å². The SMILES string of the molecule is COC(C)(C)CCC(O)c1cccc(N)c1. The second-order valence-corrected chi connectivity index (χ2v) is 4.69. The fourth-order valence-corrected chi connectivity index (χ4v) is 1.52. The Bertz CT molecular complexity index is 336. The van der Waals surface area contributed by atoms with Crippen molar-refractivity contribution in [2.24, 2.45) is 0 Å². The van der Waals surface area contributed by atoms with Crippen molar-refractivity contribution < 1.29 is 9.84 Å². The molecule has 3 N–H and O–H groups in total. The van der Waals surface area contributed by atoms with Gasteiger partial charge in [-0.25, -0.2) is 0 Å². The average Bonchev–Trinajstić information content (AvgIpc) is 2.26. The van der Waals surface area contributed by atoms with Gasteiger partial charge in [-0.15, -0.1) is 0 Å². The predicted molar refractivity (Wildman–Crippen MR) is 66.1 cm³/mol. The first-order chi connectivity index (χ1) is 7.44. The van der Waals surface area contributed by atoms with Crippen LogP contribution < -0.4 is 5.73 Å². The Morgan fingerprint density at radius 1 is 1.44 bits per heavy atom. The molecule has 1 unspecified atom stereocenters. The van der Waals surface area contributed by atoms with Gasteiger partial charge in [0.25, 0.3) is 0 Å². The van der Waals surface area contributed by atoms with Gasteiger partial charge >= 0.3 is 0 Å². The smallest absolute Gasteiger partial charge is 0.0791 e. The molecule has 0 aromatic heterocycles. The molecule has 0 aliphatic carbocycles. The normalized spacial score (nSPS) is 13.8. The maximum atomic E-state index is 9.99. The summed E-state index contributed by atoms with van der Waals surface area (Å²) in [5, 5.41) is 9.99. The van der Waals surface area contributed by atoms with Crippen molar-refractivity contribution in [2.45, 2.75) is 38.4 Å². The summed E-state index contributed by atoms with van der Waals surface area (Å²) in [6.07, 6.45) is 1.00. The van der Waals surface area contributed by atoms with Gasteiger partial charge in [0.1, 0.15) is 0 Å². The number of aliphatic hydroxyl groups excluding tert-OH is 1. The first-order valence-electron chi connectivity index (χ1n) is 5.53. The van der Waals surface area contributed by atoms with E-state index < -0.39 is 6.10 Å². The maximum absolute atomic E-state index is 9.99.